The first-order valence-corrected chi connectivity index (χ1v) is 8.82. The minimum absolute atomic E-state index is 0.262. The summed E-state index contributed by atoms with van der Waals surface area (Å²) < 4.78 is 1.30. The van der Waals surface area contributed by atoms with Gasteiger partial charge in [0.1, 0.15) is 0 Å². The van der Waals surface area contributed by atoms with Gasteiger partial charge in [0.15, 0.2) is 0 Å². The van der Waals surface area contributed by atoms with E-state index in [2.05, 4.69) is 22.6 Å². The van der Waals surface area contributed by atoms with Crippen molar-refractivity contribution in [3.8, 4) is 0 Å². The maximum atomic E-state index is 10.7. The van der Waals surface area contributed by atoms with Crippen LogP contribution in [0.15, 0.2) is 0 Å². The van der Waals surface area contributed by atoms with Gasteiger partial charge in [-0.15, -0.1) is 0 Å². The Hall–Kier alpha value is 0.160. The molecule has 0 saturated heterocycles. The molecule has 0 spiro atoms. The van der Waals surface area contributed by atoms with Gasteiger partial charge in [0.2, 0.25) is 5.91 Å². The van der Waals surface area contributed by atoms with Gasteiger partial charge >= 0.3 is 0 Å². The molecule has 3 nitrogen and oxygen atoms in total. The van der Waals surface area contributed by atoms with Crippen molar-refractivity contribution in [1.82, 2.24) is 5.48 Å². The van der Waals surface area contributed by atoms with Crippen molar-refractivity contribution < 1.29 is 10.0 Å². The molecule has 2 N–H and O–H groups in total. The lowest BCUT2D eigenvalue weighted by molar-refractivity contribution is -0.129. The van der Waals surface area contributed by atoms with Gasteiger partial charge in [-0.3, -0.25) is 10.0 Å². The average Bonchev–Trinajstić information content (AvgIpc) is 2.39. The van der Waals surface area contributed by atoms with Crippen LogP contribution in [0, 0.1) is 0 Å². The quantitative estimate of drug-likeness (QED) is 0.164. The topological polar surface area (TPSA) is 49.3 Å². The molecule has 0 heterocycles. The summed E-state index contributed by atoms with van der Waals surface area (Å²) >= 11 is 2.45. The second kappa shape index (κ2) is 15.2. The summed E-state index contributed by atoms with van der Waals surface area (Å²) in [6.07, 6.45) is 14.6. The third kappa shape index (κ3) is 14.2. The van der Waals surface area contributed by atoms with Crippen molar-refractivity contribution in [3.05, 3.63) is 0 Å². The van der Waals surface area contributed by atoms with Gasteiger partial charge in [-0.25, -0.2) is 5.48 Å². The Labute approximate surface area is 125 Å². The molecule has 0 aromatic heterocycles. The summed E-state index contributed by atoms with van der Waals surface area (Å²) in [6.45, 7) is 0. The molecule has 0 radical (unpaired) electrons. The largest absolute Gasteiger partial charge is 0.289 e. The normalized spacial score (nSPS) is 10.6. The third-order valence-corrected chi connectivity index (χ3v) is 3.92. The standard InChI is InChI=1S/C14H28INO2/c15-13-11-9-7-5-3-1-2-4-6-8-10-12-14(17)16-18/h18H,1-13H2,(H,16,17). The molecule has 0 rings (SSSR count). The molecule has 0 aromatic carbocycles. The summed E-state index contributed by atoms with van der Waals surface area (Å²) in [5, 5.41) is 8.31. The van der Waals surface area contributed by atoms with Gasteiger partial charge in [-0.2, -0.15) is 0 Å². The Bertz CT molecular complexity index is 189. The van der Waals surface area contributed by atoms with Crippen LogP contribution in [0.25, 0.3) is 0 Å². The van der Waals surface area contributed by atoms with Gasteiger partial charge in [0.25, 0.3) is 0 Å². The van der Waals surface area contributed by atoms with Gasteiger partial charge in [-0.05, 0) is 17.3 Å². The zero-order valence-corrected chi connectivity index (χ0v) is 13.6. The van der Waals surface area contributed by atoms with Crippen LogP contribution >= 0.6 is 22.6 Å². The highest BCUT2D eigenvalue weighted by atomic mass is 127. The highest BCUT2D eigenvalue weighted by Crippen LogP contribution is 2.12. The van der Waals surface area contributed by atoms with Crippen molar-refractivity contribution >= 4 is 28.5 Å². The van der Waals surface area contributed by atoms with E-state index in [0.717, 1.165) is 12.8 Å². The van der Waals surface area contributed by atoms with Crippen LogP contribution in [0.1, 0.15) is 77.0 Å². The number of alkyl halides is 1. The average molecular weight is 369 g/mol. The number of hydrogen-bond acceptors (Lipinski definition) is 2. The van der Waals surface area contributed by atoms with Crippen molar-refractivity contribution in [2.45, 2.75) is 77.0 Å². The summed E-state index contributed by atoms with van der Waals surface area (Å²) in [5.41, 5.74) is 1.67. The molecule has 0 aromatic rings. The summed E-state index contributed by atoms with van der Waals surface area (Å²) in [7, 11) is 0. The number of hydroxylamine groups is 1. The molecule has 0 aliphatic heterocycles. The predicted octanol–water partition coefficient (Wildman–Crippen LogP) is 4.61. The Balaban J connectivity index is 2.97. The molecular weight excluding hydrogens is 341 g/mol. The lowest BCUT2D eigenvalue weighted by Crippen LogP contribution is -2.17. The van der Waals surface area contributed by atoms with E-state index in [1.807, 2.05) is 0 Å². The fourth-order valence-electron chi connectivity index (χ4n) is 2.03. The molecule has 0 bridgehead atoms. The van der Waals surface area contributed by atoms with E-state index >= 15 is 0 Å². The van der Waals surface area contributed by atoms with Crippen molar-refractivity contribution in [2.75, 3.05) is 4.43 Å². The Morgan fingerprint density at radius 2 is 1.17 bits per heavy atom. The van der Waals surface area contributed by atoms with Crippen LogP contribution in [0.3, 0.4) is 0 Å². The van der Waals surface area contributed by atoms with E-state index in [9.17, 15) is 4.79 Å². The Morgan fingerprint density at radius 1 is 0.778 bits per heavy atom. The minimum atomic E-state index is -0.262. The van der Waals surface area contributed by atoms with Gasteiger partial charge in [0, 0.05) is 6.42 Å². The maximum Gasteiger partial charge on any atom is 0.243 e. The first-order chi connectivity index (χ1) is 8.81. The first kappa shape index (κ1) is 18.2. The van der Waals surface area contributed by atoms with Crippen LogP contribution in [0.2, 0.25) is 0 Å². The van der Waals surface area contributed by atoms with E-state index in [0.29, 0.717) is 6.42 Å². The number of carbonyl (C=O) groups is 1. The SMILES string of the molecule is O=C(CCCCCCCCCCCCCI)NO. The first-order valence-electron chi connectivity index (χ1n) is 7.30. The molecule has 0 saturated carbocycles. The highest BCUT2D eigenvalue weighted by Gasteiger charge is 1.98. The molecule has 0 fully saturated rings. The molecule has 0 aliphatic carbocycles. The summed E-state index contributed by atoms with van der Waals surface area (Å²) in [4.78, 5) is 10.7. The van der Waals surface area contributed by atoms with Crippen LogP contribution in [-0.2, 0) is 4.79 Å². The van der Waals surface area contributed by atoms with E-state index in [1.54, 1.807) is 5.48 Å². The molecule has 108 valence electrons. The minimum Gasteiger partial charge on any atom is -0.289 e. The summed E-state index contributed by atoms with van der Waals surface area (Å²) in [5.74, 6) is -0.262. The predicted molar refractivity (Wildman–Crippen MR) is 84.2 cm³/mol. The zero-order chi connectivity index (χ0) is 13.5. The van der Waals surface area contributed by atoms with Crippen molar-refractivity contribution in [1.29, 1.82) is 0 Å². The number of halogens is 1. The van der Waals surface area contributed by atoms with E-state index in [4.69, 9.17) is 5.21 Å². The molecule has 0 unspecified atom stereocenters. The van der Waals surface area contributed by atoms with Crippen LogP contribution in [0.5, 0.6) is 0 Å². The molecule has 1 amide bonds. The maximum absolute atomic E-state index is 10.7. The number of rotatable bonds is 13. The monoisotopic (exact) mass is 369 g/mol. The smallest absolute Gasteiger partial charge is 0.243 e. The number of hydrogen-bond donors (Lipinski definition) is 2. The van der Waals surface area contributed by atoms with Crippen molar-refractivity contribution in [2.24, 2.45) is 0 Å². The second-order valence-corrected chi connectivity index (χ2v) is 5.94. The number of unbranched alkanes of at least 4 members (excludes halogenated alkanes) is 10. The molecular formula is C14H28INO2. The van der Waals surface area contributed by atoms with Crippen LogP contribution in [-0.4, -0.2) is 15.5 Å². The molecule has 4 heteroatoms. The van der Waals surface area contributed by atoms with Crippen LogP contribution in [0.4, 0.5) is 0 Å². The third-order valence-electron chi connectivity index (χ3n) is 3.16. The number of carbonyl (C=O) groups excluding carboxylic acids is 1. The zero-order valence-electron chi connectivity index (χ0n) is 11.4. The molecule has 18 heavy (non-hydrogen) atoms. The van der Waals surface area contributed by atoms with Gasteiger partial charge < -0.3 is 0 Å². The lowest BCUT2D eigenvalue weighted by Gasteiger charge is -2.02. The van der Waals surface area contributed by atoms with E-state index in [-0.39, 0.29) is 5.91 Å². The highest BCUT2D eigenvalue weighted by molar-refractivity contribution is 14.1. The van der Waals surface area contributed by atoms with Crippen molar-refractivity contribution in [3.63, 3.8) is 0 Å². The Morgan fingerprint density at radius 3 is 1.56 bits per heavy atom. The summed E-state index contributed by atoms with van der Waals surface area (Å²) in [6, 6.07) is 0. The number of nitrogens with one attached hydrogen (secondary N) is 1. The fraction of sp³-hybridized carbons (Fsp3) is 0.929. The fourth-order valence-corrected chi connectivity index (χ4v) is 2.57. The molecule has 0 aliphatic rings. The van der Waals surface area contributed by atoms with Gasteiger partial charge in [0.05, 0.1) is 0 Å². The van der Waals surface area contributed by atoms with Gasteiger partial charge in [-0.1, -0.05) is 80.4 Å². The van der Waals surface area contributed by atoms with E-state index in [1.165, 1.54) is 62.2 Å². The van der Waals surface area contributed by atoms with E-state index < -0.39 is 0 Å². The van der Waals surface area contributed by atoms with Crippen LogP contribution < -0.4 is 5.48 Å². The molecule has 0 atom stereocenters. The number of amides is 1. The Kier molecular flexibility index (Phi) is 15.4. The second-order valence-electron chi connectivity index (χ2n) is 4.86. The lowest BCUT2D eigenvalue weighted by atomic mass is 10.1.